The highest BCUT2D eigenvalue weighted by Crippen LogP contribution is 2.19. The Morgan fingerprint density at radius 2 is 2.00 bits per heavy atom. The van der Waals surface area contributed by atoms with E-state index >= 15 is 0 Å². The van der Waals surface area contributed by atoms with Crippen LogP contribution in [0.3, 0.4) is 0 Å². The minimum absolute atomic E-state index is 0.0119. The van der Waals surface area contributed by atoms with Crippen LogP contribution in [0.5, 0.6) is 0 Å². The molecule has 0 atom stereocenters. The molecular weight excluding hydrogens is 190 g/mol. The molecule has 1 rings (SSSR count). The summed E-state index contributed by atoms with van der Waals surface area (Å²) in [6.45, 7) is 6.38. The molecule has 5 N–H and O–H groups in total. The van der Waals surface area contributed by atoms with Crippen molar-refractivity contribution in [3.63, 3.8) is 0 Å². The number of hydrogen-bond acceptors (Lipinski definition) is 5. The van der Waals surface area contributed by atoms with Crippen LogP contribution in [0.4, 0.5) is 17.6 Å². The van der Waals surface area contributed by atoms with Crippen LogP contribution in [-0.4, -0.2) is 15.5 Å². The number of nitrogens with zero attached hydrogens (tertiary/aromatic N) is 2. The zero-order valence-electron chi connectivity index (χ0n) is 9.54. The van der Waals surface area contributed by atoms with E-state index in [1.165, 1.54) is 0 Å². The van der Waals surface area contributed by atoms with E-state index in [-0.39, 0.29) is 11.5 Å². The van der Waals surface area contributed by atoms with Gasteiger partial charge in [-0.3, -0.25) is 0 Å². The summed E-state index contributed by atoms with van der Waals surface area (Å²) < 4.78 is 0. The van der Waals surface area contributed by atoms with Gasteiger partial charge in [-0.2, -0.15) is 9.97 Å². The smallest absolute Gasteiger partial charge is 0.223 e. The Hall–Kier alpha value is -1.52. The topological polar surface area (TPSA) is 89.8 Å². The van der Waals surface area contributed by atoms with Crippen molar-refractivity contribution in [3.05, 3.63) is 6.07 Å². The van der Waals surface area contributed by atoms with Crippen LogP contribution in [0.1, 0.15) is 33.6 Å². The number of nitrogen functional groups attached to an aromatic ring is 2. The molecular formula is C10H19N5. The lowest BCUT2D eigenvalue weighted by Crippen LogP contribution is -2.31. The van der Waals surface area contributed by atoms with Gasteiger partial charge in [0.05, 0.1) is 0 Å². The van der Waals surface area contributed by atoms with E-state index in [1.807, 2.05) is 0 Å². The molecule has 5 heteroatoms. The van der Waals surface area contributed by atoms with E-state index in [1.54, 1.807) is 6.07 Å². The number of anilines is 3. The largest absolute Gasteiger partial charge is 0.383 e. The molecule has 0 bridgehead atoms. The maximum atomic E-state index is 5.58. The summed E-state index contributed by atoms with van der Waals surface area (Å²) in [4.78, 5) is 7.89. The van der Waals surface area contributed by atoms with Gasteiger partial charge in [0.15, 0.2) is 0 Å². The second-order valence-electron chi connectivity index (χ2n) is 4.30. The lowest BCUT2D eigenvalue weighted by atomic mass is 9.99. The van der Waals surface area contributed by atoms with Crippen LogP contribution in [-0.2, 0) is 0 Å². The maximum absolute atomic E-state index is 5.58. The first-order valence-electron chi connectivity index (χ1n) is 5.11. The van der Waals surface area contributed by atoms with E-state index in [0.717, 1.165) is 12.8 Å². The second kappa shape index (κ2) is 4.33. The highest BCUT2D eigenvalue weighted by atomic mass is 15.1. The van der Waals surface area contributed by atoms with Gasteiger partial charge in [-0.25, -0.2) is 0 Å². The summed E-state index contributed by atoms with van der Waals surface area (Å²) in [6, 6.07) is 1.69. The quantitative estimate of drug-likeness (QED) is 0.701. The van der Waals surface area contributed by atoms with Gasteiger partial charge in [0, 0.05) is 11.6 Å². The summed E-state index contributed by atoms with van der Waals surface area (Å²) in [5.41, 5.74) is 11.1. The van der Waals surface area contributed by atoms with Crippen molar-refractivity contribution in [1.82, 2.24) is 9.97 Å². The number of aromatic nitrogens is 2. The number of nitrogens with two attached hydrogens (primary N) is 2. The van der Waals surface area contributed by atoms with Gasteiger partial charge in [0.2, 0.25) is 5.95 Å². The molecule has 84 valence electrons. The molecule has 0 unspecified atom stereocenters. The van der Waals surface area contributed by atoms with Crippen LogP contribution in [0.25, 0.3) is 0 Å². The molecule has 0 aliphatic rings. The first-order valence-corrected chi connectivity index (χ1v) is 5.11. The average molecular weight is 209 g/mol. The third-order valence-corrected chi connectivity index (χ3v) is 2.10. The van der Waals surface area contributed by atoms with Gasteiger partial charge in [0.1, 0.15) is 11.6 Å². The third kappa shape index (κ3) is 3.61. The van der Waals surface area contributed by atoms with Crippen LogP contribution in [0, 0.1) is 0 Å². The zero-order chi connectivity index (χ0) is 11.5. The molecule has 1 heterocycles. The molecule has 0 spiro atoms. The van der Waals surface area contributed by atoms with Crippen molar-refractivity contribution < 1.29 is 0 Å². The lowest BCUT2D eigenvalue weighted by molar-refractivity contribution is 0.509. The van der Waals surface area contributed by atoms with Crippen LogP contribution < -0.4 is 16.8 Å². The second-order valence-corrected chi connectivity index (χ2v) is 4.30. The first-order chi connectivity index (χ1) is 6.93. The molecule has 0 saturated carbocycles. The van der Waals surface area contributed by atoms with Crippen molar-refractivity contribution in [1.29, 1.82) is 0 Å². The Labute approximate surface area is 90.3 Å². The first kappa shape index (κ1) is 11.6. The van der Waals surface area contributed by atoms with Crippen LogP contribution in [0.15, 0.2) is 6.07 Å². The Morgan fingerprint density at radius 1 is 1.33 bits per heavy atom. The van der Waals surface area contributed by atoms with Crippen molar-refractivity contribution >= 4 is 17.6 Å². The van der Waals surface area contributed by atoms with Crippen molar-refractivity contribution in [2.75, 3.05) is 16.8 Å². The standard InChI is InChI=1S/C10H19N5/c1-4-5-10(2,3)15-8-6-7(11)13-9(12)14-8/h6H,4-5H2,1-3H3,(H5,11,12,13,14,15). The number of rotatable bonds is 4. The fourth-order valence-electron chi connectivity index (χ4n) is 1.58. The summed E-state index contributed by atoms with van der Waals surface area (Å²) in [5, 5.41) is 3.29. The predicted octanol–water partition coefficient (Wildman–Crippen LogP) is 1.63. The van der Waals surface area contributed by atoms with Crippen molar-refractivity contribution in [3.8, 4) is 0 Å². The summed E-state index contributed by atoms with van der Waals surface area (Å²) >= 11 is 0. The van der Waals surface area contributed by atoms with E-state index in [9.17, 15) is 0 Å². The molecule has 1 aromatic rings. The predicted molar refractivity (Wildman–Crippen MR) is 63.5 cm³/mol. The van der Waals surface area contributed by atoms with Crippen LogP contribution >= 0.6 is 0 Å². The van der Waals surface area contributed by atoms with Gasteiger partial charge >= 0.3 is 0 Å². The third-order valence-electron chi connectivity index (χ3n) is 2.10. The molecule has 0 amide bonds. The Kier molecular flexibility index (Phi) is 3.34. The molecule has 1 aromatic heterocycles. The summed E-state index contributed by atoms with van der Waals surface area (Å²) in [5.74, 6) is 1.26. The van der Waals surface area contributed by atoms with Gasteiger partial charge in [0.25, 0.3) is 0 Å². The highest BCUT2D eigenvalue weighted by molar-refractivity contribution is 5.49. The molecule has 5 nitrogen and oxygen atoms in total. The van der Waals surface area contributed by atoms with E-state index in [2.05, 4.69) is 36.1 Å². The van der Waals surface area contributed by atoms with Gasteiger partial charge in [-0.05, 0) is 20.3 Å². The zero-order valence-corrected chi connectivity index (χ0v) is 9.54. The van der Waals surface area contributed by atoms with E-state index < -0.39 is 0 Å². The van der Waals surface area contributed by atoms with Gasteiger partial charge in [-0.1, -0.05) is 13.3 Å². The molecule has 0 fully saturated rings. The van der Waals surface area contributed by atoms with Crippen molar-refractivity contribution in [2.45, 2.75) is 39.2 Å². The Balaban J connectivity index is 2.80. The molecule has 0 saturated heterocycles. The van der Waals surface area contributed by atoms with E-state index in [4.69, 9.17) is 11.5 Å². The fraction of sp³-hybridized carbons (Fsp3) is 0.600. The molecule has 0 aromatic carbocycles. The highest BCUT2D eigenvalue weighted by Gasteiger charge is 2.16. The van der Waals surface area contributed by atoms with Crippen LogP contribution in [0.2, 0.25) is 0 Å². The molecule has 0 aliphatic carbocycles. The van der Waals surface area contributed by atoms with Gasteiger partial charge < -0.3 is 16.8 Å². The van der Waals surface area contributed by atoms with Crippen molar-refractivity contribution in [2.24, 2.45) is 0 Å². The Bertz CT molecular complexity index is 314. The van der Waals surface area contributed by atoms with Gasteiger partial charge in [-0.15, -0.1) is 0 Å². The minimum Gasteiger partial charge on any atom is -0.383 e. The molecule has 0 radical (unpaired) electrons. The number of hydrogen-bond donors (Lipinski definition) is 3. The maximum Gasteiger partial charge on any atom is 0.223 e. The summed E-state index contributed by atoms with van der Waals surface area (Å²) in [7, 11) is 0. The Morgan fingerprint density at radius 3 is 2.53 bits per heavy atom. The lowest BCUT2D eigenvalue weighted by Gasteiger charge is -2.26. The summed E-state index contributed by atoms with van der Waals surface area (Å²) in [6.07, 6.45) is 2.16. The average Bonchev–Trinajstić information content (AvgIpc) is 1.99. The fourth-order valence-corrected chi connectivity index (χ4v) is 1.58. The SMILES string of the molecule is CCCC(C)(C)Nc1cc(N)nc(N)n1. The normalized spacial score (nSPS) is 11.4. The minimum atomic E-state index is -0.0119. The monoisotopic (exact) mass is 209 g/mol. The van der Waals surface area contributed by atoms with E-state index in [0.29, 0.717) is 11.6 Å². The number of nitrogens with one attached hydrogen (secondary N) is 1. The molecule has 0 aliphatic heterocycles. The molecule has 15 heavy (non-hydrogen) atoms.